The maximum Gasteiger partial charge on any atom is 0.255 e. The molecule has 4 bridgehead atoms. The van der Waals surface area contributed by atoms with Crippen LogP contribution in [-0.4, -0.2) is 34.7 Å². The third kappa shape index (κ3) is 4.47. The standard InChI is InChI=1S/C31H35N3O3S/c35-28-9-8-26(30(36)33-28)34-16-25-24(31(34)37)2-1-3-27(25)38-17-19-6-4-18(5-7-19)15-32-29-22-11-20-10-21(13-22)14-23(29)12-20/h1-7,20-23,26,29,32H,8-17H2,(H,33,35,36). The summed E-state index contributed by atoms with van der Waals surface area (Å²) in [4.78, 5) is 39.7. The molecule has 7 heteroatoms. The second kappa shape index (κ2) is 9.83. The van der Waals surface area contributed by atoms with Crippen LogP contribution in [0.25, 0.3) is 0 Å². The zero-order chi connectivity index (χ0) is 25.8. The smallest absolute Gasteiger partial charge is 0.255 e. The number of thioether (sulfide) groups is 1. The van der Waals surface area contributed by atoms with Crippen molar-refractivity contribution >= 4 is 29.5 Å². The van der Waals surface area contributed by atoms with Gasteiger partial charge < -0.3 is 10.2 Å². The number of rotatable bonds is 7. The predicted molar refractivity (Wildman–Crippen MR) is 146 cm³/mol. The number of nitrogens with zero attached hydrogens (tertiary/aromatic N) is 1. The van der Waals surface area contributed by atoms with Crippen LogP contribution >= 0.6 is 11.8 Å². The average Bonchev–Trinajstić information content (AvgIpc) is 3.24. The highest BCUT2D eigenvalue weighted by molar-refractivity contribution is 7.98. The Hall–Kier alpha value is -2.64. The lowest BCUT2D eigenvalue weighted by Gasteiger charge is -2.54. The summed E-state index contributed by atoms with van der Waals surface area (Å²) in [5, 5.41) is 6.32. The van der Waals surface area contributed by atoms with Crippen LogP contribution < -0.4 is 10.6 Å². The lowest BCUT2D eigenvalue weighted by molar-refractivity contribution is -0.136. The molecule has 0 aromatic heterocycles. The number of imide groups is 1. The third-order valence-electron chi connectivity index (χ3n) is 9.73. The van der Waals surface area contributed by atoms with Gasteiger partial charge in [-0.15, -0.1) is 11.8 Å². The first kappa shape index (κ1) is 24.4. The Morgan fingerprint density at radius 3 is 2.32 bits per heavy atom. The Labute approximate surface area is 228 Å². The largest absolute Gasteiger partial charge is 0.322 e. The minimum Gasteiger partial charge on any atom is -0.322 e. The lowest BCUT2D eigenvalue weighted by Crippen LogP contribution is -2.54. The van der Waals surface area contributed by atoms with Gasteiger partial charge in [0.15, 0.2) is 0 Å². The van der Waals surface area contributed by atoms with Crippen molar-refractivity contribution in [2.24, 2.45) is 23.7 Å². The van der Waals surface area contributed by atoms with Gasteiger partial charge >= 0.3 is 0 Å². The topological polar surface area (TPSA) is 78.5 Å². The highest BCUT2D eigenvalue weighted by atomic mass is 32.2. The van der Waals surface area contributed by atoms with Crippen LogP contribution in [0.15, 0.2) is 47.4 Å². The zero-order valence-corrected chi connectivity index (χ0v) is 22.5. The number of carbonyl (C=O) groups is 3. The van der Waals surface area contributed by atoms with Crippen molar-refractivity contribution in [3.8, 4) is 0 Å². The van der Waals surface area contributed by atoms with Gasteiger partial charge in [0, 0.05) is 41.8 Å². The normalized spacial score (nSPS) is 31.6. The van der Waals surface area contributed by atoms with Crippen molar-refractivity contribution in [2.45, 2.75) is 80.8 Å². The molecule has 38 heavy (non-hydrogen) atoms. The van der Waals surface area contributed by atoms with Gasteiger partial charge in [0.1, 0.15) is 6.04 Å². The number of carbonyl (C=O) groups excluding carboxylic acids is 3. The Bertz CT molecular complexity index is 1250. The van der Waals surface area contributed by atoms with Crippen molar-refractivity contribution in [3.63, 3.8) is 0 Å². The molecule has 2 N–H and O–H groups in total. The molecule has 2 aromatic rings. The summed E-state index contributed by atoms with van der Waals surface area (Å²) in [6.07, 6.45) is 7.94. The summed E-state index contributed by atoms with van der Waals surface area (Å²) in [5.41, 5.74) is 4.27. The SMILES string of the molecule is O=C1CCC(N2Cc3c(SCc4ccc(CNC5C6CC7CC(C6)CC5C7)cc4)cccc3C2=O)C(=O)N1. The second-order valence-electron chi connectivity index (χ2n) is 12.1. The molecule has 1 atom stereocenters. The van der Waals surface area contributed by atoms with Gasteiger partial charge in [-0.05, 0) is 91.0 Å². The maximum absolute atomic E-state index is 13.1. The second-order valence-corrected chi connectivity index (χ2v) is 13.1. The quantitative estimate of drug-likeness (QED) is 0.403. The Balaban J connectivity index is 0.962. The van der Waals surface area contributed by atoms with Crippen molar-refractivity contribution in [1.29, 1.82) is 0 Å². The third-order valence-corrected chi connectivity index (χ3v) is 10.9. The fourth-order valence-electron chi connectivity index (χ4n) is 8.10. The number of piperidine rings is 1. The van der Waals surface area contributed by atoms with Crippen LogP contribution in [0.3, 0.4) is 0 Å². The highest BCUT2D eigenvalue weighted by Crippen LogP contribution is 2.53. The summed E-state index contributed by atoms with van der Waals surface area (Å²) in [6.45, 7) is 1.36. The fourth-order valence-corrected chi connectivity index (χ4v) is 9.14. The number of nitrogens with one attached hydrogen (secondary N) is 2. The van der Waals surface area contributed by atoms with E-state index < -0.39 is 6.04 Å². The molecule has 198 valence electrons. The lowest BCUT2D eigenvalue weighted by atomic mass is 9.54. The van der Waals surface area contributed by atoms with Crippen molar-refractivity contribution < 1.29 is 14.4 Å². The van der Waals surface area contributed by atoms with E-state index in [9.17, 15) is 14.4 Å². The minimum atomic E-state index is -0.578. The molecule has 2 heterocycles. The molecule has 4 saturated carbocycles. The van der Waals surface area contributed by atoms with E-state index in [0.29, 0.717) is 24.6 Å². The van der Waals surface area contributed by atoms with Gasteiger partial charge in [0.25, 0.3) is 5.91 Å². The van der Waals surface area contributed by atoms with E-state index in [0.717, 1.165) is 46.4 Å². The molecule has 6 nitrogen and oxygen atoms in total. The van der Waals surface area contributed by atoms with Gasteiger partial charge in [-0.1, -0.05) is 30.3 Å². The molecule has 5 fully saturated rings. The number of hydrogen-bond acceptors (Lipinski definition) is 5. The van der Waals surface area contributed by atoms with E-state index in [4.69, 9.17) is 0 Å². The Morgan fingerprint density at radius 2 is 1.61 bits per heavy atom. The maximum atomic E-state index is 13.1. The first-order valence-corrected chi connectivity index (χ1v) is 15.2. The van der Waals surface area contributed by atoms with E-state index in [1.54, 1.807) is 16.7 Å². The van der Waals surface area contributed by atoms with Crippen LogP contribution in [-0.2, 0) is 28.4 Å². The molecule has 1 unspecified atom stereocenters. The molecule has 3 amide bonds. The molecular formula is C31H35N3O3S. The van der Waals surface area contributed by atoms with Crippen LogP contribution in [0.2, 0.25) is 0 Å². The average molecular weight is 530 g/mol. The molecule has 0 spiro atoms. The number of amides is 3. The Kier molecular flexibility index (Phi) is 6.31. The van der Waals surface area contributed by atoms with Gasteiger partial charge in [-0.25, -0.2) is 0 Å². The van der Waals surface area contributed by atoms with Crippen molar-refractivity contribution in [1.82, 2.24) is 15.5 Å². The Morgan fingerprint density at radius 1 is 0.895 bits per heavy atom. The summed E-state index contributed by atoms with van der Waals surface area (Å²) in [6, 6.07) is 14.9. The van der Waals surface area contributed by atoms with Crippen LogP contribution in [0.5, 0.6) is 0 Å². The van der Waals surface area contributed by atoms with E-state index in [2.05, 4.69) is 41.0 Å². The first-order valence-electron chi connectivity index (χ1n) is 14.2. The van der Waals surface area contributed by atoms with E-state index in [1.165, 1.54) is 43.2 Å². The molecule has 2 aromatic carbocycles. The minimum absolute atomic E-state index is 0.118. The van der Waals surface area contributed by atoms with Gasteiger partial charge in [-0.2, -0.15) is 0 Å². The summed E-state index contributed by atoms with van der Waals surface area (Å²) >= 11 is 1.74. The van der Waals surface area contributed by atoms with Crippen molar-refractivity contribution in [2.75, 3.05) is 0 Å². The fraction of sp³-hybridized carbons (Fsp3) is 0.516. The van der Waals surface area contributed by atoms with E-state index in [1.807, 2.05) is 12.1 Å². The number of hydrogen-bond donors (Lipinski definition) is 2. The highest BCUT2D eigenvalue weighted by Gasteiger charge is 2.47. The van der Waals surface area contributed by atoms with E-state index in [-0.39, 0.29) is 24.1 Å². The molecule has 4 aliphatic carbocycles. The van der Waals surface area contributed by atoms with Crippen molar-refractivity contribution in [3.05, 3.63) is 64.7 Å². The van der Waals surface area contributed by atoms with Gasteiger partial charge in [0.2, 0.25) is 11.8 Å². The zero-order valence-electron chi connectivity index (χ0n) is 21.7. The molecule has 1 saturated heterocycles. The van der Waals surface area contributed by atoms with Gasteiger partial charge in [0.05, 0.1) is 0 Å². The molecule has 6 aliphatic rings. The number of fused-ring (bicyclic) bond motifs is 1. The summed E-state index contributed by atoms with van der Waals surface area (Å²) < 4.78 is 0. The van der Waals surface area contributed by atoms with Crippen LogP contribution in [0.4, 0.5) is 0 Å². The molecule has 0 radical (unpaired) electrons. The molecular weight excluding hydrogens is 494 g/mol. The molecule has 2 aliphatic heterocycles. The number of benzene rings is 2. The van der Waals surface area contributed by atoms with E-state index >= 15 is 0 Å². The molecule has 8 rings (SSSR count). The predicted octanol–water partition coefficient (Wildman–Crippen LogP) is 4.65. The van der Waals surface area contributed by atoms with Crippen LogP contribution in [0.1, 0.15) is 72.0 Å². The van der Waals surface area contributed by atoms with Gasteiger partial charge in [-0.3, -0.25) is 19.7 Å². The summed E-state index contributed by atoms with van der Waals surface area (Å²) in [7, 11) is 0. The van der Waals surface area contributed by atoms with Crippen LogP contribution in [0, 0.1) is 23.7 Å². The summed E-state index contributed by atoms with van der Waals surface area (Å²) in [5.74, 6) is 3.89. The monoisotopic (exact) mass is 529 g/mol. The first-order chi connectivity index (χ1) is 18.5.